The van der Waals surface area contributed by atoms with Crippen LogP contribution in [0.5, 0.6) is 0 Å². The molecule has 0 atom stereocenters. The molecule has 18 heavy (non-hydrogen) atoms. The predicted molar refractivity (Wildman–Crippen MR) is 67.7 cm³/mol. The van der Waals surface area contributed by atoms with Gasteiger partial charge >= 0.3 is 5.97 Å². The van der Waals surface area contributed by atoms with Gasteiger partial charge in [-0.15, -0.1) is 0 Å². The Labute approximate surface area is 107 Å². The van der Waals surface area contributed by atoms with Crippen LogP contribution in [-0.4, -0.2) is 53.1 Å². The zero-order valence-electron chi connectivity index (χ0n) is 11.1. The number of hydrogen-bond acceptors (Lipinski definition) is 4. The number of rotatable bonds is 3. The van der Waals surface area contributed by atoms with Gasteiger partial charge in [-0.2, -0.15) is 0 Å². The normalized spacial score (nSPS) is 21.1. The lowest BCUT2D eigenvalue weighted by Gasteiger charge is -2.45. The lowest BCUT2D eigenvalue weighted by atomic mass is 10.00. The third-order valence-electron chi connectivity index (χ3n) is 3.65. The summed E-state index contributed by atoms with van der Waals surface area (Å²) in [5.74, 6) is -0.286. The molecule has 2 heterocycles. The zero-order chi connectivity index (χ0) is 13.3. The first-order chi connectivity index (χ1) is 8.38. The van der Waals surface area contributed by atoms with Crippen molar-refractivity contribution in [2.45, 2.75) is 25.9 Å². The summed E-state index contributed by atoms with van der Waals surface area (Å²) in [7, 11) is 2.13. The van der Waals surface area contributed by atoms with Crippen molar-refractivity contribution in [1.82, 2.24) is 9.80 Å². The number of furan rings is 1. The minimum absolute atomic E-state index is 0.0124. The van der Waals surface area contributed by atoms with Crippen LogP contribution in [0.15, 0.2) is 16.5 Å². The van der Waals surface area contributed by atoms with Crippen LogP contribution in [0, 0.1) is 0 Å². The number of aromatic carboxylic acids is 1. The average Bonchev–Trinajstić information content (AvgIpc) is 2.72. The first kappa shape index (κ1) is 13.1. The van der Waals surface area contributed by atoms with Gasteiger partial charge in [0.1, 0.15) is 5.76 Å². The average molecular weight is 252 g/mol. The number of carbonyl (C=O) groups is 1. The van der Waals surface area contributed by atoms with Crippen LogP contribution in [0.25, 0.3) is 0 Å². The molecule has 0 aliphatic carbocycles. The molecule has 0 amide bonds. The summed E-state index contributed by atoms with van der Waals surface area (Å²) < 4.78 is 5.29. The number of carboxylic acids is 1. The number of nitrogens with zero attached hydrogens (tertiary/aromatic N) is 2. The van der Waals surface area contributed by atoms with Crippen molar-refractivity contribution in [2.75, 3.05) is 26.7 Å². The molecule has 1 aromatic rings. The second kappa shape index (κ2) is 4.74. The molecule has 0 radical (unpaired) electrons. The molecule has 0 bridgehead atoms. The molecule has 1 aliphatic rings. The number of hydrogen-bond donors (Lipinski definition) is 1. The zero-order valence-corrected chi connectivity index (χ0v) is 11.1. The van der Waals surface area contributed by atoms with Crippen molar-refractivity contribution >= 4 is 5.97 Å². The Kier molecular flexibility index (Phi) is 3.45. The number of piperazine rings is 1. The van der Waals surface area contributed by atoms with E-state index in [9.17, 15) is 4.79 Å². The van der Waals surface area contributed by atoms with E-state index in [2.05, 4.69) is 30.7 Å². The standard InChI is InChI=1S/C13H20N2O3/c1-13(2)9-15(7-6-14(13)3)8-10-4-5-11(18-10)12(16)17/h4-5H,6-9H2,1-3H3,(H,16,17). The molecular weight excluding hydrogens is 232 g/mol. The fraction of sp³-hybridized carbons (Fsp3) is 0.615. The summed E-state index contributed by atoms with van der Waals surface area (Å²) in [6.07, 6.45) is 0. The lowest BCUT2D eigenvalue weighted by molar-refractivity contribution is 0.0323. The van der Waals surface area contributed by atoms with Crippen molar-refractivity contribution in [3.8, 4) is 0 Å². The molecule has 0 aromatic carbocycles. The molecule has 2 rings (SSSR count). The monoisotopic (exact) mass is 252 g/mol. The number of likely N-dealkylation sites (N-methyl/N-ethyl adjacent to an activating group) is 1. The Morgan fingerprint density at radius 3 is 2.72 bits per heavy atom. The van der Waals surface area contributed by atoms with Gasteiger partial charge in [0.2, 0.25) is 5.76 Å². The Morgan fingerprint density at radius 2 is 2.17 bits per heavy atom. The molecule has 1 aromatic heterocycles. The Hall–Kier alpha value is -1.33. The first-order valence-corrected chi connectivity index (χ1v) is 6.14. The summed E-state index contributed by atoms with van der Waals surface area (Å²) in [6.45, 7) is 8.04. The molecule has 5 nitrogen and oxygen atoms in total. The van der Waals surface area contributed by atoms with Gasteiger partial charge in [-0.3, -0.25) is 9.80 Å². The molecule has 1 saturated heterocycles. The summed E-state index contributed by atoms with van der Waals surface area (Å²) in [4.78, 5) is 15.4. The molecule has 1 fully saturated rings. The van der Waals surface area contributed by atoms with Crippen LogP contribution >= 0.6 is 0 Å². The van der Waals surface area contributed by atoms with Crippen LogP contribution in [0.4, 0.5) is 0 Å². The van der Waals surface area contributed by atoms with E-state index in [0.717, 1.165) is 19.6 Å². The van der Waals surface area contributed by atoms with Gasteiger partial charge in [0.25, 0.3) is 0 Å². The molecule has 1 N–H and O–H groups in total. The smallest absolute Gasteiger partial charge is 0.371 e. The topological polar surface area (TPSA) is 56.9 Å². The maximum Gasteiger partial charge on any atom is 0.371 e. The van der Waals surface area contributed by atoms with Crippen molar-refractivity contribution in [2.24, 2.45) is 0 Å². The van der Waals surface area contributed by atoms with Gasteiger partial charge in [0.15, 0.2) is 0 Å². The fourth-order valence-electron chi connectivity index (χ4n) is 2.27. The minimum atomic E-state index is -1.01. The highest BCUT2D eigenvalue weighted by molar-refractivity contribution is 5.84. The molecule has 1 aliphatic heterocycles. The molecule has 100 valence electrons. The van der Waals surface area contributed by atoms with E-state index in [-0.39, 0.29) is 11.3 Å². The predicted octanol–water partition coefficient (Wildman–Crippen LogP) is 1.50. The maximum absolute atomic E-state index is 10.7. The molecule has 5 heteroatoms. The van der Waals surface area contributed by atoms with Gasteiger partial charge in [-0.1, -0.05) is 0 Å². The van der Waals surface area contributed by atoms with Crippen LogP contribution in [0.2, 0.25) is 0 Å². The van der Waals surface area contributed by atoms with Crippen LogP contribution in [-0.2, 0) is 6.54 Å². The quantitative estimate of drug-likeness (QED) is 0.883. The summed E-state index contributed by atoms with van der Waals surface area (Å²) in [6, 6.07) is 3.26. The first-order valence-electron chi connectivity index (χ1n) is 6.14. The second-order valence-corrected chi connectivity index (χ2v) is 5.52. The van der Waals surface area contributed by atoms with Gasteiger partial charge in [0, 0.05) is 25.2 Å². The molecular formula is C13H20N2O3. The molecule has 0 saturated carbocycles. The van der Waals surface area contributed by atoms with Crippen LogP contribution in [0.3, 0.4) is 0 Å². The van der Waals surface area contributed by atoms with Gasteiger partial charge < -0.3 is 9.52 Å². The van der Waals surface area contributed by atoms with E-state index in [1.165, 1.54) is 6.07 Å². The van der Waals surface area contributed by atoms with E-state index in [1.54, 1.807) is 6.07 Å². The van der Waals surface area contributed by atoms with E-state index < -0.39 is 5.97 Å². The summed E-state index contributed by atoms with van der Waals surface area (Å²) >= 11 is 0. The van der Waals surface area contributed by atoms with Crippen molar-refractivity contribution in [1.29, 1.82) is 0 Å². The number of carboxylic acid groups (broad SMARTS) is 1. The largest absolute Gasteiger partial charge is 0.475 e. The highest BCUT2D eigenvalue weighted by Crippen LogP contribution is 2.21. The van der Waals surface area contributed by atoms with Crippen molar-refractivity contribution in [3.63, 3.8) is 0 Å². The van der Waals surface area contributed by atoms with E-state index >= 15 is 0 Å². The van der Waals surface area contributed by atoms with Crippen molar-refractivity contribution in [3.05, 3.63) is 23.7 Å². The fourth-order valence-corrected chi connectivity index (χ4v) is 2.27. The Morgan fingerprint density at radius 1 is 1.44 bits per heavy atom. The van der Waals surface area contributed by atoms with Gasteiger partial charge in [-0.25, -0.2) is 4.79 Å². The summed E-state index contributed by atoms with van der Waals surface area (Å²) in [5.41, 5.74) is 0.139. The van der Waals surface area contributed by atoms with Crippen molar-refractivity contribution < 1.29 is 14.3 Å². The SMILES string of the molecule is CN1CCN(Cc2ccc(C(=O)O)o2)CC1(C)C. The minimum Gasteiger partial charge on any atom is -0.475 e. The molecule has 0 spiro atoms. The maximum atomic E-state index is 10.7. The Bertz CT molecular complexity index is 439. The van der Waals surface area contributed by atoms with E-state index in [4.69, 9.17) is 9.52 Å². The Balaban J connectivity index is 1.99. The third-order valence-corrected chi connectivity index (χ3v) is 3.65. The lowest BCUT2D eigenvalue weighted by Crippen LogP contribution is -2.57. The second-order valence-electron chi connectivity index (χ2n) is 5.52. The van der Waals surface area contributed by atoms with Crippen LogP contribution < -0.4 is 0 Å². The summed E-state index contributed by atoms with van der Waals surface area (Å²) in [5, 5.41) is 8.81. The van der Waals surface area contributed by atoms with Gasteiger partial charge in [-0.05, 0) is 33.0 Å². The van der Waals surface area contributed by atoms with E-state index in [0.29, 0.717) is 12.3 Å². The van der Waals surface area contributed by atoms with Gasteiger partial charge in [0.05, 0.1) is 6.54 Å². The highest BCUT2D eigenvalue weighted by atomic mass is 16.4. The van der Waals surface area contributed by atoms with Crippen LogP contribution in [0.1, 0.15) is 30.2 Å². The molecule has 0 unspecified atom stereocenters. The highest BCUT2D eigenvalue weighted by Gasteiger charge is 2.31. The third kappa shape index (κ3) is 2.73. The van der Waals surface area contributed by atoms with E-state index in [1.807, 2.05) is 0 Å².